The van der Waals surface area contributed by atoms with Crippen LogP contribution in [0.4, 0.5) is 0 Å². The Bertz CT molecular complexity index is 231. The van der Waals surface area contributed by atoms with Crippen molar-refractivity contribution in [2.75, 3.05) is 0 Å². The lowest BCUT2D eigenvalue weighted by molar-refractivity contribution is -0.165. The molecule has 0 bridgehead atoms. The van der Waals surface area contributed by atoms with E-state index in [1.165, 1.54) is 12.8 Å². The highest BCUT2D eigenvalue weighted by Crippen LogP contribution is 2.35. The van der Waals surface area contributed by atoms with Gasteiger partial charge in [-0.3, -0.25) is 4.79 Å². The van der Waals surface area contributed by atoms with Crippen LogP contribution in [-0.2, 0) is 9.53 Å². The van der Waals surface area contributed by atoms with Crippen molar-refractivity contribution < 1.29 is 9.53 Å². The van der Waals surface area contributed by atoms with Gasteiger partial charge >= 0.3 is 5.97 Å². The van der Waals surface area contributed by atoms with E-state index in [9.17, 15) is 4.79 Å². The van der Waals surface area contributed by atoms with Crippen LogP contribution in [0.2, 0.25) is 0 Å². The first-order valence-corrected chi connectivity index (χ1v) is 5.97. The maximum Gasteiger partial charge on any atom is 0.309 e. The van der Waals surface area contributed by atoms with Crippen molar-refractivity contribution in [1.82, 2.24) is 0 Å². The molecule has 1 unspecified atom stereocenters. The molecule has 1 aliphatic rings. The molecule has 1 saturated carbocycles. The average Bonchev–Trinajstić information content (AvgIpc) is 2.48. The van der Waals surface area contributed by atoms with E-state index in [1.807, 2.05) is 6.92 Å². The number of carbonyl (C=O) groups is 1. The van der Waals surface area contributed by atoms with E-state index >= 15 is 0 Å². The summed E-state index contributed by atoms with van der Waals surface area (Å²) < 4.78 is 5.65. The average molecular weight is 212 g/mol. The number of esters is 1. The van der Waals surface area contributed by atoms with Crippen LogP contribution in [0.3, 0.4) is 0 Å². The highest BCUT2D eigenvalue weighted by atomic mass is 16.6. The zero-order valence-electron chi connectivity index (χ0n) is 10.7. The zero-order valence-corrected chi connectivity index (χ0v) is 10.7. The fourth-order valence-electron chi connectivity index (χ4n) is 1.91. The Labute approximate surface area is 93.4 Å². The maximum absolute atomic E-state index is 11.9. The topological polar surface area (TPSA) is 26.3 Å². The maximum atomic E-state index is 11.9. The SMILES string of the molecule is CC(C(=O)OC1(C)CCCC1)C(C)(C)C. The number of hydrogen-bond donors (Lipinski definition) is 0. The number of hydrogen-bond acceptors (Lipinski definition) is 2. The molecule has 1 aliphatic carbocycles. The van der Waals surface area contributed by atoms with Crippen molar-refractivity contribution in [2.45, 2.75) is 65.9 Å². The summed E-state index contributed by atoms with van der Waals surface area (Å²) >= 11 is 0. The van der Waals surface area contributed by atoms with E-state index in [1.54, 1.807) is 0 Å². The van der Waals surface area contributed by atoms with Gasteiger partial charge in [0, 0.05) is 0 Å². The minimum Gasteiger partial charge on any atom is -0.459 e. The van der Waals surface area contributed by atoms with Gasteiger partial charge in [-0.05, 0) is 38.0 Å². The lowest BCUT2D eigenvalue weighted by atomic mass is 9.82. The molecule has 1 rings (SSSR count). The quantitative estimate of drug-likeness (QED) is 0.654. The first-order valence-electron chi connectivity index (χ1n) is 5.97. The van der Waals surface area contributed by atoms with Gasteiger partial charge in [0.05, 0.1) is 5.92 Å². The number of carbonyl (C=O) groups excluding carboxylic acids is 1. The van der Waals surface area contributed by atoms with E-state index in [0.717, 1.165) is 12.8 Å². The molecule has 0 aromatic rings. The van der Waals surface area contributed by atoms with Gasteiger partial charge < -0.3 is 4.74 Å². The van der Waals surface area contributed by atoms with E-state index in [4.69, 9.17) is 4.74 Å². The molecule has 1 fully saturated rings. The summed E-state index contributed by atoms with van der Waals surface area (Å²) in [4.78, 5) is 11.9. The number of ether oxygens (including phenoxy) is 1. The Morgan fingerprint density at radius 2 is 1.73 bits per heavy atom. The molecular formula is C13H24O2. The van der Waals surface area contributed by atoms with Crippen LogP contribution in [-0.4, -0.2) is 11.6 Å². The molecule has 88 valence electrons. The lowest BCUT2D eigenvalue weighted by Gasteiger charge is -2.31. The molecule has 0 aliphatic heterocycles. The Morgan fingerprint density at radius 1 is 1.27 bits per heavy atom. The van der Waals surface area contributed by atoms with Gasteiger partial charge in [0.15, 0.2) is 0 Å². The van der Waals surface area contributed by atoms with Crippen LogP contribution in [0, 0.1) is 11.3 Å². The van der Waals surface area contributed by atoms with Crippen LogP contribution in [0.15, 0.2) is 0 Å². The van der Waals surface area contributed by atoms with Gasteiger partial charge in [0.2, 0.25) is 0 Å². The second-order valence-electron chi connectivity index (χ2n) is 6.17. The molecular weight excluding hydrogens is 188 g/mol. The van der Waals surface area contributed by atoms with E-state index in [0.29, 0.717) is 0 Å². The van der Waals surface area contributed by atoms with Crippen LogP contribution < -0.4 is 0 Å². The van der Waals surface area contributed by atoms with Crippen molar-refractivity contribution in [2.24, 2.45) is 11.3 Å². The lowest BCUT2D eigenvalue weighted by Crippen LogP contribution is -2.35. The van der Waals surface area contributed by atoms with Gasteiger partial charge in [0.25, 0.3) is 0 Å². The van der Waals surface area contributed by atoms with Gasteiger partial charge in [-0.15, -0.1) is 0 Å². The highest BCUT2D eigenvalue weighted by molar-refractivity contribution is 5.73. The van der Waals surface area contributed by atoms with E-state index < -0.39 is 0 Å². The second-order valence-corrected chi connectivity index (χ2v) is 6.17. The molecule has 1 atom stereocenters. The molecule has 0 saturated heterocycles. The summed E-state index contributed by atoms with van der Waals surface area (Å²) in [7, 11) is 0. The van der Waals surface area contributed by atoms with Gasteiger partial charge in [0.1, 0.15) is 5.60 Å². The smallest absolute Gasteiger partial charge is 0.309 e. The van der Waals surface area contributed by atoms with Crippen molar-refractivity contribution in [3.8, 4) is 0 Å². The van der Waals surface area contributed by atoms with E-state index in [-0.39, 0.29) is 22.9 Å². The molecule has 2 heteroatoms. The zero-order chi connectivity index (χ0) is 11.7. The molecule has 0 aromatic carbocycles. The second kappa shape index (κ2) is 4.15. The summed E-state index contributed by atoms with van der Waals surface area (Å²) in [6.45, 7) is 10.3. The summed E-state index contributed by atoms with van der Waals surface area (Å²) in [6, 6.07) is 0. The predicted octanol–water partition coefficient (Wildman–Crippen LogP) is 3.54. The molecule has 2 nitrogen and oxygen atoms in total. The van der Waals surface area contributed by atoms with Crippen molar-refractivity contribution in [1.29, 1.82) is 0 Å². The van der Waals surface area contributed by atoms with Crippen molar-refractivity contribution >= 4 is 5.97 Å². The highest BCUT2D eigenvalue weighted by Gasteiger charge is 2.36. The normalized spacial score (nSPS) is 22.5. The minimum absolute atomic E-state index is 0.00789. The van der Waals surface area contributed by atoms with Crippen molar-refractivity contribution in [3.63, 3.8) is 0 Å². The van der Waals surface area contributed by atoms with Crippen LogP contribution in [0.1, 0.15) is 60.3 Å². The summed E-state index contributed by atoms with van der Waals surface area (Å²) in [5.74, 6) is -0.0678. The third-order valence-electron chi connectivity index (χ3n) is 3.66. The number of rotatable bonds is 2. The van der Waals surface area contributed by atoms with Gasteiger partial charge in [-0.2, -0.15) is 0 Å². The summed E-state index contributed by atoms with van der Waals surface area (Å²) in [5.41, 5.74) is -0.192. The minimum atomic E-state index is -0.184. The Morgan fingerprint density at radius 3 is 2.13 bits per heavy atom. The fraction of sp³-hybridized carbons (Fsp3) is 0.923. The molecule has 15 heavy (non-hydrogen) atoms. The fourth-order valence-corrected chi connectivity index (χ4v) is 1.91. The van der Waals surface area contributed by atoms with Crippen LogP contribution >= 0.6 is 0 Å². The molecule has 0 amide bonds. The molecule has 0 aromatic heterocycles. The predicted molar refractivity (Wildman–Crippen MR) is 61.6 cm³/mol. The summed E-state index contributed by atoms with van der Waals surface area (Å²) in [5, 5.41) is 0. The largest absolute Gasteiger partial charge is 0.459 e. The third-order valence-corrected chi connectivity index (χ3v) is 3.66. The van der Waals surface area contributed by atoms with Crippen molar-refractivity contribution in [3.05, 3.63) is 0 Å². The Hall–Kier alpha value is -0.530. The van der Waals surface area contributed by atoms with Gasteiger partial charge in [-0.1, -0.05) is 27.7 Å². The molecule has 0 radical (unpaired) electrons. The molecule has 0 heterocycles. The Kier molecular flexibility index (Phi) is 3.47. The molecule has 0 N–H and O–H groups in total. The van der Waals surface area contributed by atoms with E-state index in [2.05, 4.69) is 27.7 Å². The monoisotopic (exact) mass is 212 g/mol. The van der Waals surface area contributed by atoms with Crippen LogP contribution in [0.5, 0.6) is 0 Å². The first-order chi connectivity index (χ1) is 6.75. The summed E-state index contributed by atoms with van der Waals surface area (Å²) in [6.07, 6.45) is 4.42. The van der Waals surface area contributed by atoms with Crippen LogP contribution in [0.25, 0.3) is 0 Å². The van der Waals surface area contributed by atoms with Gasteiger partial charge in [-0.25, -0.2) is 0 Å². The standard InChI is InChI=1S/C13H24O2/c1-10(12(2,3)4)11(14)15-13(5)8-6-7-9-13/h10H,6-9H2,1-5H3. The Balaban J connectivity index is 2.55. The third kappa shape index (κ3) is 3.22. The molecule has 0 spiro atoms. The first kappa shape index (κ1) is 12.5.